The standard InChI is InChI=1S/C24H19F3N2O3S/c1-14-22(30)29-20-11-15(9-10-21(20)33-14)23(31)28-17-6-4-7-18(12-17)32-13-16-5-2-3-8-19(16)24(25,26)27/h2-12,14H,13H2,1H3,(H,28,31)(H,29,30). The molecule has 170 valence electrons. The first kappa shape index (κ1) is 22.7. The van der Waals surface area contributed by atoms with Crippen molar-refractivity contribution in [2.45, 2.75) is 29.9 Å². The predicted molar refractivity (Wildman–Crippen MR) is 121 cm³/mol. The van der Waals surface area contributed by atoms with Crippen LogP contribution in [-0.4, -0.2) is 17.1 Å². The average Bonchev–Trinajstić information content (AvgIpc) is 2.78. The lowest BCUT2D eigenvalue weighted by Gasteiger charge is -2.21. The predicted octanol–water partition coefficient (Wildman–Crippen LogP) is 5.97. The zero-order valence-electron chi connectivity index (χ0n) is 17.4. The molecule has 1 unspecified atom stereocenters. The summed E-state index contributed by atoms with van der Waals surface area (Å²) < 4.78 is 45.0. The summed E-state index contributed by atoms with van der Waals surface area (Å²) >= 11 is 1.42. The molecule has 0 aromatic heterocycles. The van der Waals surface area contributed by atoms with Crippen molar-refractivity contribution in [3.05, 3.63) is 83.4 Å². The quantitative estimate of drug-likeness (QED) is 0.480. The second kappa shape index (κ2) is 9.19. The van der Waals surface area contributed by atoms with E-state index >= 15 is 0 Å². The smallest absolute Gasteiger partial charge is 0.416 e. The molecule has 1 aliphatic heterocycles. The molecule has 0 radical (unpaired) electrons. The summed E-state index contributed by atoms with van der Waals surface area (Å²) in [5.41, 5.74) is 0.626. The first-order valence-electron chi connectivity index (χ1n) is 10.0. The third-order valence-corrected chi connectivity index (χ3v) is 6.16. The molecule has 9 heteroatoms. The maximum Gasteiger partial charge on any atom is 0.416 e. The number of rotatable bonds is 5. The maximum absolute atomic E-state index is 13.2. The SMILES string of the molecule is CC1Sc2ccc(C(=O)Nc3cccc(OCc4ccccc4C(F)(F)F)c3)cc2NC1=O. The number of anilines is 2. The third-order valence-electron chi connectivity index (χ3n) is 4.98. The summed E-state index contributed by atoms with van der Waals surface area (Å²) in [5, 5.41) is 5.32. The summed E-state index contributed by atoms with van der Waals surface area (Å²) in [7, 11) is 0. The number of alkyl halides is 3. The highest BCUT2D eigenvalue weighted by atomic mass is 32.2. The minimum Gasteiger partial charge on any atom is -0.489 e. The fourth-order valence-corrected chi connectivity index (χ4v) is 4.23. The van der Waals surface area contributed by atoms with Gasteiger partial charge in [0.15, 0.2) is 0 Å². The summed E-state index contributed by atoms with van der Waals surface area (Å²) in [5.74, 6) is -0.204. The normalized spacial score (nSPS) is 15.4. The van der Waals surface area contributed by atoms with Crippen molar-refractivity contribution < 1.29 is 27.5 Å². The van der Waals surface area contributed by atoms with Crippen LogP contribution in [-0.2, 0) is 17.6 Å². The third kappa shape index (κ3) is 5.31. The van der Waals surface area contributed by atoms with E-state index in [0.717, 1.165) is 11.0 Å². The van der Waals surface area contributed by atoms with Gasteiger partial charge < -0.3 is 15.4 Å². The molecule has 2 N–H and O–H groups in total. The van der Waals surface area contributed by atoms with Crippen molar-refractivity contribution in [2.24, 2.45) is 0 Å². The lowest BCUT2D eigenvalue weighted by atomic mass is 10.1. The largest absolute Gasteiger partial charge is 0.489 e. The van der Waals surface area contributed by atoms with Crippen molar-refractivity contribution in [3.8, 4) is 5.75 Å². The van der Waals surface area contributed by atoms with E-state index in [4.69, 9.17) is 4.74 Å². The Kier molecular flexibility index (Phi) is 6.33. The molecule has 0 bridgehead atoms. The topological polar surface area (TPSA) is 67.4 Å². The second-order valence-electron chi connectivity index (χ2n) is 7.39. The lowest BCUT2D eigenvalue weighted by molar-refractivity contribution is -0.138. The highest BCUT2D eigenvalue weighted by Crippen LogP contribution is 2.36. The summed E-state index contributed by atoms with van der Waals surface area (Å²) in [6.07, 6.45) is -4.47. The lowest BCUT2D eigenvalue weighted by Crippen LogP contribution is -2.26. The zero-order valence-corrected chi connectivity index (χ0v) is 18.2. The van der Waals surface area contributed by atoms with Crippen molar-refractivity contribution in [1.82, 2.24) is 0 Å². The molecule has 0 saturated carbocycles. The first-order chi connectivity index (χ1) is 15.7. The number of hydrogen-bond donors (Lipinski definition) is 2. The molecular formula is C24H19F3N2O3S. The minimum absolute atomic E-state index is 0.0164. The Morgan fingerprint density at radius 1 is 1.09 bits per heavy atom. The number of nitrogens with one attached hydrogen (secondary N) is 2. The first-order valence-corrected chi connectivity index (χ1v) is 10.9. The summed E-state index contributed by atoms with van der Waals surface area (Å²) in [6.45, 7) is 1.54. The number of halogens is 3. The Labute approximate surface area is 192 Å². The van der Waals surface area contributed by atoms with Crippen molar-refractivity contribution in [1.29, 1.82) is 0 Å². The van der Waals surface area contributed by atoms with Crippen molar-refractivity contribution in [2.75, 3.05) is 10.6 Å². The van der Waals surface area contributed by atoms with Crippen LogP contribution < -0.4 is 15.4 Å². The van der Waals surface area contributed by atoms with Crippen LogP contribution in [0.4, 0.5) is 24.5 Å². The molecule has 0 spiro atoms. The Hall–Kier alpha value is -3.46. The Bertz CT molecular complexity index is 1210. The van der Waals surface area contributed by atoms with Gasteiger partial charge in [-0.1, -0.05) is 24.3 Å². The van der Waals surface area contributed by atoms with Gasteiger partial charge in [-0.15, -0.1) is 11.8 Å². The van der Waals surface area contributed by atoms with Crippen LogP contribution in [0, 0.1) is 0 Å². The van der Waals surface area contributed by atoms with Crippen LogP contribution in [0.25, 0.3) is 0 Å². The zero-order chi connectivity index (χ0) is 23.6. The van der Waals surface area contributed by atoms with Gasteiger partial charge in [0, 0.05) is 27.8 Å². The van der Waals surface area contributed by atoms with E-state index in [0.29, 0.717) is 22.7 Å². The van der Waals surface area contributed by atoms with Crippen LogP contribution >= 0.6 is 11.8 Å². The molecule has 1 heterocycles. The number of thioether (sulfide) groups is 1. The monoisotopic (exact) mass is 472 g/mol. The number of carbonyl (C=O) groups is 2. The minimum atomic E-state index is -4.47. The molecule has 0 saturated heterocycles. The fourth-order valence-electron chi connectivity index (χ4n) is 3.30. The van der Waals surface area contributed by atoms with E-state index in [1.807, 2.05) is 0 Å². The molecule has 2 amide bonds. The van der Waals surface area contributed by atoms with Gasteiger partial charge in [-0.3, -0.25) is 9.59 Å². The van der Waals surface area contributed by atoms with Crippen molar-refractivity contribution >= 4 is 35.0 Å². The van der Waals surface area contributed by atoms with E-state index in [9.17, 15) is 22.8 Å². The number of carbonyl (C=O) groups excluding carboxylic acids is 2. The van der Waals surface area contributed by atoms with Crippen LogP contribution in [0.3, 0.4) is 0 Å². The number of amides is 2. The van der Waals surface area contributed by atoms with Gasteiger partial charge >= 0.3 is 6.18 Å². The van der Waals surface area contributed by atoms with Gasteiger partial charge in [-0.25, -0.2) is 0 Å². The Morgan fingerprint density at radius 2 is 1.88 bits per heavy atom. The van der Waals surface area contributed by atoms with E-state index in [-0.39, 0.29) is 23.3 Å². The van der Waals surface area contributed by atoms with Gasteiger partial charge in [0.1, 0.15) is 12.4 Å². The van der Waals surface area contributed by atoms with Crippen molar-refractivity contribution in [3.63, 3.8) is 0 Å². The molecule has 4 rings (SSSR count). The maximum atomic E-state index is 13.2. The van der Waals surface area contributed by atoms with Crippen LogP contribution in [0.2, 0.25) is 0 Å². The molecule has 33 heavy (non-hydrogen) atoms. The summed E-state index contributed by atoms with van der Waals surface area (Å²) in [6, 6.07) is 16.7. The number of fused-ring (bicyclic) bond motifs is 1. The van der Waals surface area contributed by atoms with E-state index in [1.165, 1.54) is 36.0 Å². The average molecular weight is 472 g/mol. The molecular weight excluding hydrogens is 453 g/mol. The fraction of sp³-hybridized carbons (Fsp3) is 0.167. The highest BCUT2D eigenvalue weighted by Gasteiger charge is 2.33. The Balaban J connectivity index is 1.44. The van der Waals surface area contributed by atoms with Crippen LogP contribution in [0.15, 0.2) is 71.6 Å². The highest BCUT2D eigenvalue weighted by molar-refractivity contribution is 8.00. The molecule has 5 nitrogen and oxygen atoms in total. The molecule has 1 atom stereocenters. The van der Waals surface area contributed by atoms with E-state index in [1.54, 1.807) is 43.3 Å². The van der Waals surface area contributed by atoms with Gasteiger partial charge in [0.25, 0.3) is 5.91 Å². The molecule has 3 aromatic carbocycles. The number of benzene rings is 3. The summed E-state index contributed by atoms with van der Waals surface area (Å²) in [4.78, 5) is 25.5. The molecule has 0 fully saturated rings. The molecule has 0 aliphatic carbocycles. The number of ether oxygens (including phenoxy) is 1. The molecule has 3 aromatic rings. The second-order valence-corrected chi connectivity index (χ2v) is 8.77. The van der Waals surface area contributed by atoms with E-state index < -0.39 is 17.6 Å². The van der Waals surface area contributed by atoms with Gasteiger partial charge in [-0.2, -0.15) is 13.2 Å². The Morgan fingerprint density at radius 3 is 2.67 bits per heavy atom. The van der Waals surface area contributed by atoms with Gasteiger partial charge in [0.05, 0.1) is 16.5 Å². The number of hydrogen-bond acceptors (Lipinski definition) is 4. The van der Waals surface area contributed by atoms with Crippen LogP contribution in [0.5, 0.6) is 5.75 Å². The van der Waals surface area contributed by atoms with Gasteiger partial charge in [-0.05, 0) is 43.3 Å². The van der Waals surface area contributed by atoms with Crippen LogP contribution in [0.1, 0.15) is 28.4 Å². The van der Waals surface area contributed by atoms with E-state index in [2.05, 4.69) is 10.6 Å². The van der Waals surface area contributed by atoms with Gasteiger partial charge in [0.2, 0.25) is 5.91 Å². The molecule has 1 aliphatic rings.